The average Bonchev–Trinajstić information content (AvgIpc) is 2.31. The molecule has 0 heterocycles. The molecule has 21 heavy (non-hydrogen) atoms. The summed E-state index contributed by atoms with van der Waals surface area (Å²) in [5, 5.41) is 5.64. The highest BCUT2D eigenvalue weighted by molar-refractivity contribution is 5.76. The second-order valence-corrected chi connectivity index (χ2v) is 6.20. The van der Waals surface area contributed by atoms with Gasteiger partial charge in [0.25, 0.3) is 0 Å². The van der Waals surface area contributed by atoms with Crippen molar-refractivity contribution in [1.29, 1.82) is 0 Å². The smallest absolute Gasteiger partial charge is 0.333 e. The van der Waals surface area contributed by atoms with Crippen LogP contribution in [-0.4, -0.2) is 11.6 Å². The number of carbonyl (C=O) groups excluding carboxylic acids is 1. The Morgan fingerprint density at radius 2 is 2.00 bits per heavy atom. The van der Waals surface area contributed by atoms with Crippen molar-refractivity contribution in [3.05, 3.63) is 35.4 Å². The third-order valence-electron chi connectivity index (χ3n) is 4.48. The molecule has 3 aliphatic rings. The van der Waals surface area contributed by atoms with Crippen LogP contribution in [0.25, 0.3) is 0 Å². The number of hydrogen-bond donors (Lipinski definition) is 2. The third kappa shape index (κ3) is 2.71. The summed E-state index contributed by atoms with van der Waals surface area (Å²) in [6.45, 7) is 1.68. The SMILES string of the molecule is C[C@H](NC(=O)NC12CC(C1)C2)c1cccc(C(F)(F)F)c1. The number of alkyl halides is 3. The van der Waals surface area contributed by atoms with E-state index in [1.54, 1.807) is 13.0 Å². The van der Waals surface area contributed by atoms with Gasteiger partial charge in [0.15, 0.2) is 0 Å². The molecule has 2 bridgehead atoms. The molecule has 2 N–H and O–H groups in total. The zero-order chi connectivity index (χ0) is 15.3. The highest BCUT2D eigenvalue weighted by Gasteiger charge is 2.57. The highest BCUT2D eigenvalue weighted by Crippen LogP contribution is 2.56. The molecule has 0 aliphatic heterocycles. The number of halogens is 3. The van der Waals surface area contributed by atoms with Gasteiger partial charge in [-0.25, -0.2) is 4.79 Å². The first kappa shape index (κ1) is 14.2. The number of benzene rings is 1. The van der Waals surface area contributed by atoms with Crippen LogP contribution in [0.4, 0.5) is 18.0 Å². The summed E-state index contributed by atoms with van der Waals surface area (Å²) < 4.78 is 38.0. The molecule has 3 aliphatic carbocycles. The van der Waals surface area contributed by atoms with Crippen molar-refractivity contribution in [1.82, 2.24) is 10.6 Å². The van der Waals surface area contributed by atoms with Crippen molar-refractivity contribution >= 4 is 6.03 Å². The fourth-order valence-electron chi connectivity index (χ4n) is 3.17. The predicted molar refractivity (Wildman–Crippen MR) is 71.6 cm³/mol. The number of nitrogens with one attached hydrogen (secondary N) is 2. The predicted octanol–water partition coefficient (Wildman–Crippen LogP) is 3.62. The van der Waals surface area contributed by atoms with Gasteiger partial charge in [0.2, 0.25) is 0 Å². The number of rotatable bonds is 3. The van der Waals surface area contributed by atoms with Crippen LogP contribution >= 0.6 is 0 Å². The van der Waals surface area contributed by atoms with Gasteiger partial charge in [-0.3, -0.25) is 0 Å². The van der Waals surface area contributed by atoms with Crippen molar-refractivity contribution in [2.24, 2.45) is 5.92 Å². The van der Waals surface area contributed by atoms with Crippen molar-refractivity contribution in [3.63, 3.8) is 0 Å². The first-order valence-electron chi connectivity index (χ1n) is 7.03. The van der Waals surface area contributed by atoms with Crippen LogP contribution in [0.2, 0.25) is 0 Å². The lowest BCUT2D eigenvalue weighted by Crippen LogP contribution is -2.69. The van der Waals surface area contributed by atoms with Gasteiger partial charge in [-0.2, -0.15) is 13.2 Å². The molecule has 1 atom stereocenters. The van der Waals surface area contributed by atoms with Gasteiger partial charge < -0.3 is 10.6 Å². The molecule has 1 aromatic rings. The van der Waals surface area contributed by atoms with Gasteiger partial charge in [0, 0.05) is 5.54 Å². The van der Waals surface area contributed by atoms with Gasteiger partial charge in [0.05, 0.1) is 11.6 Å². The van der Waals surface area contributed by atoms with E-state index < -0.39 is 17.8 Å². The molecule has 0 aromatic heterocycles. The number of amides is 2. The van der Waals surface area contributed by atoms with Gasteiger partial charge in [0.1, 0.15) is 0 Å². The van der Waals surface area contributed by atoms with Gasteiger partial charge in [-0.15, -0.1) is 0 Å². The van der Waals surface area contributed by atoms with E-state index in [1.807, 2.05) is 0 Å². The van der Waals surface area contributed by atoms with Crippen LogP contribution < -0.4 is 10.6 Å². The number of urea groups is 1. The lowest BCUT2D eigenvalue weighted by molar-refractivity contribution is -0.137. The lowest BCUT2D eigenvalue weighted by atomic mass is 9.50. The normalized spacial score (nSPS) is 28.1. The Bertz CT molecular complexity index is 553. The van der Waals surface area contributed by atoms with Crippen molar-refractivity contribution in [3.8, 4) is 0 Å². The van der Waals surface area contributed by atoms with E-state index in [-0.39, 0.29) is 11.6 Å². The molecule has 3 saturated carbocycles. The standard InChI is InChI=1S/C15H17F3N2O/c1-9(11-3-2-4-12(5-11)15(16,17)18)19-13(21)20-14-6-10(7-14)8-14/h2-5,9-10H,6-8H2,1H3,(H2,19,20,21)/t9-,10?,14?/m0/s1. The molecule has 114 valence electrons. The van der Waals surface area contributed by atoms with Crippen molar-refractivity contribution in [2.45, 2.75) is 43.9 Å². The minimum absolute atomic E-state index is 0.0394. The lowest BCUT2D eigenvalue weighted by Gasteiger charge is -2.61. The molecular formula is C15H17F3N2O. The van der Waals surface area contributed by atoms with E-state index in [0.717, 1.165) is 37.3 Å². The van der Waals surface area contributed by atoms with Crippen molar-refractivity contribution < 1.29 is 18.0 Å². The van der Waals surface area contributed by atoms with Gasteiger partial charge in [-0.1, -0.05) is 12.1 Å². The number of carbonyl (C=O) groups is 1. The molecule has 3 nitrogen and oxygen atoms in total. The van der Waals surface area contributed by atoms with Crippen LogP contribution in [0.15, 0.2) is 24.3 Å². The molecule has 0 radical (unpaired) electrons. The Morgan fingerprint density at radius 1 is 1.33 bits per heavy atom. The average molecular weight is 298 g/mol. The van der Waals surface area contributed by atoms with Crippen LogP contribution in [-0.2, 0) is 6.18 Å². The summed E-state index contributed by atoms with van der Waals surface area (Å²) in [6.07, 6.45) is -1.29. The first-order valence-corrected chi connectivity index (χ1v) is 7.03. The summed E-state index contributed by atoms with van der Waals surface area (Å²) in [5.74, 6) is 0.756. The molecule has 3 fully saturated rings. The second kappa shape index (κ2) is 4.64. The molecule has 0 unspecified atom stereocenters. The van der Waals surface area contributed by atoms with E-state index in [4.69, 9.17) is 0 Å². The number of hydrogen-bond acceptors (Lipinski definition) is 1. The van der Waals surface area contributed by atoms with Crippen LogP contribution in [0.5, 0.6) is 0 Å². The maximum atomic E-state index is 12.7. The molecule has 0 saturated heterocycles. The Labute approximate surface area is 120 Å². The van der Waals surface area contributed by atoms with Crippen molar-refractivity contribution in [2.75, 3.05) is 0 Å². The summed E-state index contributed by atoms with van der Waals surface area (Å²) in [6, 6.07) is 4.26. The molecular weight excluding hydrogens is 281 g/mol. The van der Waals surface area contributed by atoms with E-state index in [0.29, 0.717) is 5.56 Å². The summed E-state index contributed by atoms with van der Waals surface area (Å²) in [7, 11) is 0. The first-order chi connectivity index (χ1) is 9.77. The zero-order valence-corrected chi connectivity index (χ0v) is 11.6. The largest absolute Gasteiger partial charge is 0.416 e. The highest BCUT2D eigenvalue weighted by atomic mass is 19.4. The van der Waals surface area contributed by atoms with Crippen LogP contribution in [0, 0.1) is 5.92 Å². The van der Waals surface area contributed by atoms with E-state index >= 15 is 0 Å². The van der Waals surface area contributed by atoms with E-state index in [1.165, 1.54) is 6.07 Å². The summed E-state index contributed by atoms with van der Waals surface area (Å²) in [4.78, 5) is 11.9. The summed E-state index contributed by atoms with van der Waals surface area (Å²) in [5.41, 5.74) is -0.298. The fraction of sp³-hybridized carbons (Fsp3) is 0.533. The maximum Gasteiger partial charge on any atom is 0.416 e. The minimum Gasteiger partial charge on any atom is -0.333 e. The van der Waals surface area contributed by atoms with E-state index in [2.05, 4.69) is 10.6 Å². The molecule has 6 heteroatoms. The molecule has 1 aromatic carbocycles. The van der Waals surface area contributed by atoms with Gasteiger partial charge >= 0.3 is 12.2 Å². The molecule has 4 rings (SSSR count). The zero-order valence-electron chi connectivity index (χ0n) is 11.6. The van der Waals surface area contributed by atoms with Gasteiger partial charge in [-0.05, 0) is 49.8 Å². The Balaban J connectivity index is 1.61. The Kier molecular flexibility index (Phi) is 3.15. The molecule has 2 amide bonds. The van der Waals surface area contributed by atoms with Crippen LogP contribution in [0.1, 0.15) is 43.4 Å². The fourth-order valence-corrected chi connectivity index (χ4v) is 3.17. The van der Waals surface area contributed by atoms with E-state index in [9.17, 15) is 18.0 Å². The minimum atomic E-state index is -4.37. The quantitative estimate of drug-likeness (QED) is 0.879. The summed E-state index contributed by atoms with van der Waals surface area (Å²) >= 11 is 0. The third-order valence-corrected chi connectivity index (χ3v) is 4.48. The topological polar surface area (TPSA) is 41.1 Å². The monoisotopic (exact) mass is 298 g/mol. The molecule has 0 spiro atoms. The second-order valence-electron chi connectivity index (χ2n) is 6.20. The van der Waals surface area contributed by atoms with Crippen LogP contribution in [0.3, 0.4) is 0 Å². The maximum absolute atomic E-state index is 12.7. The Hall–Kier alpha value is -1.72. The Morgan fingerprint density at radius 3 is 2.52 bits per heavy atom.